The second-order valence-electron chi connectivity index (χ2n) is 6.05. The van der Waals surface area contributed by atoms with E-state index in [0.29, 0.717) is 13.0 Å². The molecule has 1 aliphatic rings. The van der Waals surface area contributed by atoms with E-state index in [0.717, 1.165) is 11.1 Å². The Kier molecular flexibility index (Phi) is 4.69. The minimum atomic E-state index is -3.55. The molecular formula is C18H20N2O3S. The molecule has 1 amide bonds. The van der Waals surface area contributed by atoms with Crippen LogP contribution in [0.5, 0.6) is 0 Å². The highest BCUT2D eigenvalue weighted by molar-refractivity contribution is 7.89. The van der Waals surface area contributed by atoms with Gasteiger partial charge in [-0.2, -0.15) is 0 Å². The fourth-order valence-electron chi connectivity index (χ4n) is 2.86. The first-order chi connectivity index (χ1) is 11.5. The molecule has 1 aliphatic heterocycles. The van der Waals surface area contributed by atoms with Gasteiger partial charge < -0.3 is 4.90 Å². The number of likely N-dealkylation sites (N-methyl/N-ethyl adjacent to an activating group) is 1. The van der Waals surface area contributed by atoms with Crippen molar-refractivity contribution in [3.8, 4) is 0 Å². The van der Waals surface area contributed by atoms with Crippen molar-refractivity contribution < 1.29 is 13.2 Å². The van der Waals surface area contributed by atoms with Crippen LogP contribution in [0.25, 0.3) is 0 Å². The average molecular weight is 344 g/mol. The molecule has 1 N–H and O–H groups in total. The minimum Gasteiger partial charge on any atom is -0.345 e. The van der Waals surface area contributed by atoms with Gasteiger partial charge in [0.2, 0.25) is 15.9 Å². The van der Waals surface area contributed by atoms with Gasteiger partial charge in [0.25, 0.3) is 0 Å². The van der Waals surface area contributed by atoms with Crippen LogP contribution >= 0.6 is 0 Å². The van der Waals surface area contributed by atoms with E-state index in [1.165, 1.54) is 0 Å². The summed E-state index contributed by atoms with van der Waals surface area (Å²) in [7, 11) is -1.76. The van der Waals surface area contributed by atoms with E-state index in [1.807, 2.05) is 30.3 Å². The fraction of sp³-hybridized carbons (Fsp3) is 0.278. The molecule has 1 saturated heterocycles. The summed E-state index contributed by atoms with van der Waals surface area (Å²) in [4.78, 5) is 13.6. The van der Waals surface area contributed by atoms with Gasteiger partial charge in [0, 0.05) is 32.5 Å². The molecule has 1 fully saturated rings. The number of hydrogen-bond donors (Lipinski definition) is 1. The Labute approximate surface area is 142 Å². The summed E-state index contributed by atoms with van der Waals surface area (Å²) in [5.41, 5.74) is 1.90. The number of benzene rings is 2. The predicted octanol–water partition coefficient (Wildman–Crippen LogP) is 2.11. The highest BCUT2D eigenvalue weighted by atomic mass is 32.2. The third kappa shape index (κ3) is 3.66. The quantitative estimate of drug-likeness (QED) is 0.903. The predicted molar refractivity (Wildman–Crippen MR) is 91.9 cm³/mol. The van der Waals surface area contributed by atoms with Crippen LogP contribution in [0, 0.1) is 0 Å². The number of nitrogens with zero attached hydrogens (tertiary/aromatic N) is 1. The fourth-order valence-corrected chi connectivity index (χ4v) is 3.88. The molecule has 0 aliphatic carbocycles. The van der Waals surface area contributed by atoms with Gasteiger partial charge in [-0.05, 0) is 23.3 Å². The van der Waals surface area contributed by atoms with Crippen molar-refractivity contribution in [2.45, 2.75) is 23.8 Å². The van der Waals surface area contributed by atoms with Crippen molar-refractivity contribution in [3.63, 3.8) is 0 Å². The van der Waals surface area contributed by atoms with Crippen LogP contribution in [0.4, 0.5) is 0 Å². The lowest BCUT2D eigenvalue weighted by Gasteiger charge is -2.12. The Bertz CT molecular complexity index is 817. The number of amides is 1. The van der Waals surface area contributed by atoms with Gasteiger partial charge in [-0.3, -0.25) is 4.79 Å². The van der Waals surface area contributed by atoms with Gasteiger partial charge in [0.15, 0.2) is 0 Å². The third-order valence-corrected chi connectivity index (χ3v) is 5.73. The summed E-state index contributed by atoms with van der Waals surface area (Å²) in [6, 6.07) is 16.2. The Morgan fingerprint density at radius 1 is 1.08 bits per heavy atom. The molecule has 1 unspecified atom stereocenters. The van der Waals surface area contributed by atoms with Crippen LogP contribution in [0.2, 0.25) is 0 Å². The first kappa shape index (κ1) is 16.7. The van der Waals surface area contributed by atoms with Crippen molar-refractivity contribution in [1.82, 2.24) is 9.62 Å². The van der Waals surface area contributed by atoms with Crippen LogP contribution in [0.3, 0.4) is 0 Å². The average Bonchev–Trinajstić information content (AvgIpc) is 2.93. The lowest BCUT2D eigenvalue weighted by Crippen LogP contribution is -2.23. The first-order valence-electron chi connectivity index (χ1n) is 7.83. The van der Waals surface area contributed by atoms with E-state index in [2.05, 4.69) is 4.72 Å². The number of rotatable bonds is 5. The van der Waals surface area contributed by atoms with E-state index in [1.54, 1.807) is 36.2 Å². The standard InChI is InChI=1S/C18H20N2O3S/c1-20-13-16(11-18(20)21)15-7-9-17(10-8-15)24(22,23)19-12-14-5-3-2-4-6-14/h2-10,16,19H,11-13H2,1H3. The Morgan fingerprint density at radius 3 is 2.33 bits per heavy atom. The molecule has 2 aromatic rings. The summed E-state index contributed by atoms with van der Waals surface area (Å²) >= 11 is 0. The topological polar surface area (TPSA) is 66.5 Å². The van der Waals surface area contributed by atoms with Gasteiger partial charge in [0.1, 0.15) is 0 Å². The zero-order valence-electron chi connectivity index (χ0n) is 13.5. The van der Waals surface area contributed by atoms with Crippen LogP contribution < -0.4 is 4.72 Å². The Hall–Kier alpha value is -2.18. The molecule has 0 spiro atoms. The zero-order valence-corrected chi connectivity index (χ0v) is 14.3. The lowest BCUT2D eigenvalue weighted by molar-refractivity contribution is -0.126. The molecule has 6 heteroatoms. The monoisotopic (exact) mass is 344 g/mol. The zero-order chi connectivity index (χ0) is 17.2. The number of nitrogens with one attached hydrogen (secondary N) is 1. The van der Waals surface area contributed by atoms with Crippen molar-refractivity contribution in [2.24, 2.45) is 0 Å². The van der Waals surface area contributed by atoms with E-state index in [9.17, 15) is 13.2 Å². The number of carbonyl (C=O) groups is 1. The smallest absolute Gasteiger partial charge is 0.240 e. The molecule has 126 valence electrons. The summed E-state index contributed by atoms with van der Waals surface area (Å²) in [6.07, 6.45) is 0.481. The van der Waals surface area contributed by atoms with Gasteiger partial charge in [-0.15, -0.1) is 0 Å². The number of carbonyl (C=O) groups excluding carboxylic acids is 1. The summed E-state index contributed by atoms with van der Waals surface area (Å²) in [5.74, 6) is 0.262. The maximum atomic E-state index is 12.4. The Morgan fingerprint density at radius 2 is 1.75 bits per heavy atom. The molecule has 0 radical (unpaired) electrons. The van der Waals surface area contributed by atoms with E-state index < -0.39 is 10.0 Å². The molecule has 24 heavy (non-hydrogen) atoms. The van der Waals surface area contributed by atoms with Gasteiger partial charge in [-0.25, -0.2) is 13.1 Å². The second-order valence-corrected chi connectivity index (χ2v) is 7.82. The van der Waals surface area contributed by atoms with Crippen LogP contribution in [0.15, 0.2) is 59.5 Å². The van der Waals surface area contributed by atoms with E-state index >= 15 is 0 Å². The molecule has 1 heterocycles. The first-order valence-corrected chi connectivity index (χ1v) is 9.31. The maximum absolute atomic E-state index is 12.4. The molecular weight excluding hydrogens is 324 g/mol. The van der Waals surface area contributed by atoms with Gasteiger partial charge in [0.05, 0.1) is 4.90 Å². The summed E-state index contributed by atoms with van der Waals surface area (Å²) in [6.45, 7) is 0.935. The summed E-state index contributed by atoms with van der Waals surface area (Å²) in [5, 5.41) is 0. The number of likely N-dealkylation sites (tertiary alicyclic amines) is 1. The summed E-state index contributed by atoms with van der Waals surface area (Å²) < 4.78 is 27.3. The third-order valence-electron chi connectivity index (χ3n) is 4.31. The Balaban J connectivity index is 1.69. The number of sulfonamides is 1. The maximum Gasteiger partial charge on any atom is 0.240 e. The largest absolute Gasteiger partial charge is 0.345 e. The molecule has 1 atom stereocenters. The van der Waals surface area contributed by atoms with Crippen molar-refractivity contribution >= 4 is 15.9 Å². The van der Waals surface area contributed by atoms with Gasteiger partial charge in [-0.1, -0.05) is 42.5 Å². The molecule has 5 nitrogen and oxygen atoms in total. The van der Waals surface area contributed by atoms with Crippen LogP contribution in [0.1, 0.15) is 23.5 Å². The highest BCUT2D eigenvalue weighted by Gasteiger charge is 2.28. The van der Waals surface area contributed by atoms with E-state index in [-0.39, 0.29) is 23.3 Å². The van der Waals surface area contributed by atoms with Crippen LogP contribution in [-0.2, 0) is 21.4 Å². The van der Waals surface area contributed by atoms with Gasteiger partial charge >= 0.3 is 0 Å². The van der Waals surface area contributed by atoms with Crippen LogP contribution in [-0.4, -0.2) is 32.8 Å². The normalized spacial score (nSPS) is 18.1. The van der Waals surface area contributed by atoms with Crippen molar-refractivity contribution in [1.29, 1.82) is 0 Å². The molecule has 3 rings (SSSR count). The molecule has 2 aromatic carbocycles. The lowest BCUT2D eigenvalue weighted by atomic mass is 9.98. The molecule has 0 saturated carbocycles. The second kappa shape index (κ2) is 6.75. The highest BCUT2D eigenvalue weighted by Crippen LogP contribution is 2.27. The molecule has 0 bridgehead atoms. The number of hydrogen-bond acceptors (Lipinski definition) is 3. The van der Waals surface area contributed by atoms with E-state index in [4.69, 9.17) is 0 Å². The SMILES string of the molecule is CN1CC(c2ccc(S(=O)(=O)NCc3ccccc3)cc2)CC1=O. The van der Waals surface area contributed by atoms with Crippen molar-refractivity contribution in [2.75, 3.05) is 13.6 Å². The van der Waals surface area contributed by atoms with Crippen molar-refractivity contribution in [3.05, 3.63) is 65.7 Å². The molecule has 0 aromatic heterocycles. The minimum absolute atomic E-state index is 0.126.